The first-order valence-electron chi connectivity index (χ1n) is 7.05. The molecule has 0 bridgehead atoms. The minimum atomic E-state index is -4.38. The Balaban J connectivity index is 1.92. The maximum Gasteiger partial charge on any atom is 0.294 e. The Morgan fingerprint density at radius 2 is 1.83 bits per heavy atom. The standard InChI is InChI=1S/C17H14ClNO4S/c18-13-3-1-2-11(6-13)10-19-14-4-5-16-12(7-14)8-15(9-17(16)20)24(21,22)23/h1-9,19-20H,10H2,(H,21,22,23). The van der Waals surface area contributed by atoms with Gasteiger partial charge >= 0.3 is 0 Å². The smallest absolute Gasteiger partial charge is 0.294 e. The molecule has 0 radical (unpaired) electrons. The third kappa shape index (κ3) is 3.62. The minimum Gasteiger partial charge on any atom is -0.507 e. The molecule has 0 aliphatic heterocycles. The molecule has 0 aliphatic carbocycles. The number of anilines is 1. The first-order valence-corrected chi connectivity index (χ1v) is 8.87. The Bertz CT molecular complexity index is 1020. The van der Waals surface area contributed by atoms with Crippen LogP contribution in [0.3, 0.4) is 0 Å². The molecule has 0 aliphatic rings. The molecule has 0 saturated heterocycles. The first-order chi connectivity index (χ1) is 11.3. The SMILES string of the molecule is O=S(=O)(O)c1cc(O)c2ccc(NCc3cccc(Cl)c3)cc2c1. The predicted molar refractivity (Wildman–Crippen MR) is 94.2 cm³/mol. The molecule has 24 heavy (non-hydrogen) atoms. The summed E-state index contributed by atoms with van der Waals surface area (Å²) < 4.78 is 31.7. The second-order valence-corrected chi connectivity index (χ2v) is 7.19. The molecule has 0 atom stereocenters. The first kappa shape index (κ1) is 16.6. The summed E-state index contributed by atoms with van der Waals surface area (Å²) in [6.45, 7) is 0.538. The van der Waals surface area contributed by atoms with E-state index in [-0.39, 0.29) is 10.6 Å². The van der Waals surface area contributed by atoms with Gasteiger partial charge in [-0.2, -0.15) is 8.42 Å². The van der Waals surface area contributed by atoms with Gasteiger partial charge in [0, 0.05) is 28.7 Å². The van der Waals surface area contributed by atoms with E-state index in [0.29, 0.717) is 22.3 Å². The van der Waals surface area contributed by atoms with Crippen LogP contribution < -0.4 is 5.32 Å². The summed E-state index contributed by atoms with van der Waals surface area (Å²) in [4.78, 5) is -0.348. The number of phenolic OH excluding ortho intramolecular Hbond substituents is 1. The average Bonchev–Trinajstić information content (AvgIpc) is 2.52. The number of aromatic hydroxyl groups is 1. The van der Waals surface area contributed by atoms with E-state index < -0.39 is 10.1 Å². The molecule has 0 amide bonds. The predicted octanol–water partition coefficient (Wildman–Crippen LogP) is 4.06. The number of nitrogens with one attached hydrogen (secondary N) is 1. The summed E-state index contributed by atoms with van der Waals surface area (Å²) in [6.07, 6.45) is 0. The van der Waals surface area contributed by atoms with Crippen molar-refractivity contribution in [3.05, 3.63) is 65.2 Å². The zero-order valence-electron chi connectivity index (χ0n) is 12.4. The number of phenols is 1. The molecule has 0 heterocycles. The molecule has 0 aromatic heterocycles. The van der Waals surface area contributed by atoms with Crippen LogP contribution in [-0.2, 0) is 16.7 Å². The van der Waals surface area contributed by atoms with E-state index in [4.69, 9.17) is 16.2 Å². The fourth-order valence-electron chi connectivity index (χ4n) is 2.43. The third-order valence-corrected chi connectivity index (χ3v) is 4.65. The molecule has 5 nitrogen and oxygen atoms in total. The van der Waals surface area contributed by atoms with Crippen LogP contribution in [0.15, 0.2) is 59.5 Å². The van der Waals surface area contributed by atoms with Crippen LogP contribution in [0.1, 0.15) is 5.56 Å². The van der Waals surface area contributed by atoms with Crippen molar-refractivity contribution in [2.45, 2.75) is 11.4 Å². The molecular weight excluding hydrogens is 350 g/mol. The number of benzene rings is 3. The lowest BCUT2D eigenvalue weighted by atomic mass is 10.1. The summed E-state index contributed by atoms with van der Waals surface area (Å²) in [5.74, 6) is -0.207. The zero-order valence-corrected chi connectivity index (χ0v) is 14.0. The topological polar surface area (TPSA) is 86.6 Å². The highest BCUT2D eigenvalue weighted by Gasteiger charge is 2.13. The second kappa shape index (κ2) is 6.32. The van der Waals surface area contributed by atoms with E-state index in [1.54, 1.807) is 24.3 Å². The highest BCUT2D eigenvalue weighted by molar-refractivity contribution is 7.85. The Morgan fingerprint density at radius 3 is 2.54 bits per heavy atom. The molecule has 0 saturated carbocycles. The van der Waals surface area contributed by atoms with Crippen LogP contribution in [0.25, 0.3) is 10.8 Å². The molecule has 0 fully saturated rings. The van der Waals surface area contributed by atoms with Crippen LogP contribution in [0, 0.1) is 0 Å². The quantitative estimate of drug-likeness (QED) is 0.608. The summed E-state index contributed by atoms with van der Waals surface area (Å²) in [6, 6.07) is 14.9. The Labute approximate surface area is 144 Å². The van der Waals surface area contributed by atoms with Gasteiger partial charge < -0.3 is 10.4 Å². The molecule has 3 aromatic carbocycles. The molecule has 0 spiro atoms. The van der Waals surface area contributed by atoms with Crippen LogP contribution in [-0.4, -0.2) is 18.1 Å². The summed E-state index contributed by atoms with van der Waals surface area (Å²) >= 11 is 5.95. The highest BCUT2D eigenvalue weighted by atomic mass is 35.5. The number of hydrogen-bond donors (Lipinski definition) is 3. The number of fused-ring (bicyclic) bond motifs is 1. The van der Waals surface area contributed by atoms with Gasteiger partial charge in [0.05, 0.1) is 4.90 Å². The molecule has 7 heteroatoms. The van der Waals surface area contributed by atoms with Crippen LogP contribution in [0.2, 0.25) is 5.02 Å². The van der Waals surface area contributed by atoms with Crippen molar-refractivity contribution in [2.75, 3.05) is 5.32 Å². The van der Waals surface area contributed by atoms with Crippen LogP contribution in [0.4, 0.5) is 5.69 Å². The van der Waals surface area contributed by atoms with Gasteiger partial charge in [-0.15, -0.1) is 0 Å². The van der Waals surface area contributed by atoms with E-state index in [1.165, 1.54) is 6.07 Å². The fourth-order valence-corrected chi connectivity index (χ4v) is 3.18. The van der Waals surface area contributed by atoms with Gasteiger partial charge in [-0.1, -0.05) is 23.7 Å². The van der Waals surface area contributed by atoms with Gasteiger partial charge in [0.1, 0.15) is 5.75 Å². The summed E-state index contributed by atoms with van der Waals surface area (Å²) in [7, 11) is -4.38. The van der Waals surface area contributed by atoms with Gasteiger partial charge in [-0.05, 0) is 47.3 Å². The van der Waals surface area contributed by atoms with Crippen molar-refractivity contribution in [3.63, 3.8) is 0 Å². The number of rotatable bonds is 4. The van der Waals surface area contributed by atoms with E-state index >= 15 is 0 Å². The normalized spacial score (nSPS) is 11.6. The Hall–Kier alpha value is -2.28. The van der Waals surface area contributed by atoms with E-state index in [0.717, 1.165) is 17.3 Å². The number of halogens is 1. The maximum absolute atomic E-state index is 11.3. The second-order valence-electron chi connectivity index (χ2n) is 5.34. The van der Waals surface area contributed by atoms with Gasteiger partial charge in [0.15, 0.2) is 0 Å². The van der Waals surface area contributed by atoms with Crippen molar-refractivity contribution in [1.82, 2.24) is 0 Å². The maximum atomic E-state index is 11.3. The third-order valence-electron chi connectivity index (χ3n) is 3.59. The lowest BCUT2D eigenvalue weighted by molar-refractivity contribution is 0.471. The molecule has 0 unspecified atom stereocenters. The lowest BCUT2D eigenvalue weighted by Crippen LogP contribution is -2.00. The van der Waals surface area contributed by atoms with E-state index in [1.807, 2.05) is 18.2 Å². The molecular formula is C17H14ClNO4S. The van der Waals surface area contributed by atoms with Crippen LogP contribution in [0.5, 0.6) is 5.75 Å². The van der Waals surface area contributed by atoms with Crippen LogP contribution >= 0.6 is 11.6 Å². The fraction of sp³-hybridized carbons (Fsp3) is 0.0588. The molecule has 3 N–H and O–H groups in total. The van der Waals surface area contributed by atoms with E-state index in [9.17, 15) is 13.5 Å². The molecule has 124 valence electrons. The van der Waals surface area contributed by atoms with Gasteiger partial charge in [-0.3, -0.25) is 4.55 Å². The monoisotopic (exact) mass is 363 g/mol. The Kier molecular flexibility index (Phi) is 4.36. The van der Waals surface area contributed by atoms with Gasteiger partial charge in [-0.25, -0.2) is 0 Å². The average molecular weight is 364 g/mol. The lowest BCUT2D eigenvalue weighted by Gasteiger charge is -2.10. The number of hydrogen-bond acceptors (Lipinski definition) is 4. The largest absolute Gasteiger partial charge is 0.507 e. The van der Waals surface area contributed by atoms with E-state index in [2.05, 4.69) is 5.32 Å². The van der Waals surface area contributed by atoms with Crippen molar-refractivity contribution >= 4 is 38.2 Å². The molecule has 3 aromatic rings. The molecule has 3 rings (SSSR count). The zero-order chi connectivity index (χ0) is 17.3. The minimum absolute atomic E-state index is 0.207. The van der Waals surface area contributed by atoms with Crippen molar-refractivity contribution in [2.24, 2.45) is 0 Å². The van der Waals surface area contributed by atoms with Crippen molar-refractivity contribution in [3.8, 4) is 5.75 Å². The summed E-state index contributed by atoms with van der Waals surface area (Å²) in [5.41, 5.74) is 1.74. The Morgan fingerprint density at radius 1 is 1.04 bits per heavy atom. The highest BCUT2D eigenvalue weighted by Crippen LogP contribution is 2.30. The van der Waals surface area contributed by atoms with Gasteiger partial charge in [0.2, 0.25) is 0 Å². The van der Waals surface area contributed by atoms with Crippen molar-refractivity contribution in [1.29, 1.82) is 0 Å². The summed E-state index contributed by atoms with van der Waals surface area (Å²) in [5, 5.41) is 14.8. The van der Waals surface area contributed by atoms with Gasteiger partial charge in [0.25, 0.3) is 10.1 Å². The van der Waals surface area contributed by atoms with Crippen molar-refractivity contribution < 1.29 is 18.1 Å².